The first kappa shape index (κ1) is 15.6. The second-order valence-corrected chi connectivity index (χ2v) is 7.31. The largest absolute Gasteiger partial charge is 0.333 e. The highest BCUT2D eigenvalue weighted by Gasteiger charge is 2.29. The Morgan fingerprint density at radius 1 is 1.04 bits per heavy atom. The van der Waals surface area contributed by atoms with Crippen LogP contribution in [0.2, 0.25) is 0 Å². The highest BCUT2D eigenvalue weighted by molar-refractivity contribution is 7.92. The Labute approximate surface area is 132 Å². The van der Waals surface area contributed by atoms with E-state index in [0.29, 0.717) is 19.2 Å². The van der Waals surface area contributed by atoms with Gasteiger partial charge in [0.05, 0.1) is 0 Å². The summed E-state index contributed by atoms with van der Waals surface area (Å²) in [6.07, 6.45) is 0. The molecule has 23 heavy (non-hydrogen) atoms. The highest BCUT2D eigenvalue weighted by Crippen LogP contribution is 2.24. The molecule has 0 fully saturated rings. The lowest BCUT2D eigenvalue weighted by molar-refractivity contribution is -0.129. The minimum atomic E-state index is -4.24. The SMILES string of the molecule is O=C(CS(=O)(=O)c1cc(F)ccc1F)N1Cc2ccccc2C1. The van der Waals surface area contributed by atoms with Crippen LogP contribution in [0.25, 0.3) is 0 Å². The molecule has 4 nitrogen and oxygen atoms in total. The Kier molecular flexibility index (Phi) is 3.89. The highest BCUT2D eigenvalue weighted by atomic mass is 32.2. The van der Waals surface area contributed by atoms with Crippen LogP contribution in [0.1, 0.15) is 11.1 Å². The standard InChI is InChI=1S/C16H13F2NO3S/c17-13-5-6-14(18)15(7-13)23(21,22)10-16(20)19-8-11-3-1-2-4-12(11)9-19/h1-7H,8-10H2. The van der Waals surface area contributed by atoms with Crippen LogP contribution in [0.5, 0.6) is 0 Å². The summed E-state index contributed by atoms with van der Waals surface area (Å²) in [5.41, 5.74) is 1.91. The Hall–Kier alpha value is -2.28. The molecule has 1 amide bonds. The van der Waals surface area contributed by atoms with Crippen molar-refractivity contribution >= 4 is 15.7 Å². The number of rotatable bonds is 3. The smallest absolute Gasteiger partial charge is 0.238 e. The van der Waals surface area contributed by atoms with Crippen LogP contribution >= 0.6 is 0 Å². The zero-order valence-electron chi connectivity index (χ0n) is 12.0. The van der Waals surface area contributed by atoms with Gasteiger partial charge >= 0.3 is 0 Å². The van der Waals surface area contributed by atoms with Crippen molar-refractivity contribution in [2.24, 2.45) is 0 Å². The first-order chi connectivity index (χ1) is 10.9. The molecular formula is C16H13F2NO3S. The third kappa shape index (κ3) is 3.10. The monoisotopic (exact) mass is 337 g/mol. The predicted molar refractivity (Wildman–Crippen MR) is 79.1 cm³/mol. The number of hydrogen-bond donors (Lipinski definition) is 0. The molecule has 0 N–H and O–H groups in total. The number of hydrogen-bond acceptors (Lipinski definition) is 3. The van der Waals surface area contributed by atoms with E-state index in [0.717, 1.165) is 23.3 Å². The summed E-state index contributed by atoms with van der Waals surface area (Å²) >= 11 is 0. The molecule has 1 aliphatic rings. The zero-order valence-corrected chi connectivity index (χ0v) is 12.8. The molecule has 0 bridgehead atoms. The average molecular weight is 337 g/mol. The minimum absolute atomic E-state index is 0.316. The maximum absolute atomic E-state index is 13.6. The molecule has 0 radical (unpaired) electrons. The summed E-state index contributed by atoms with van der Waals surface area (Å²) in [5.74, 6) is -3.46. The van der Waals surface area contributed by atoms with Crippen molar-refractivity contribution in [1.29, 1.82) is 0 Å². The fourth-order valence-electron chi connectivity index (χ4n) is 2.56. The van der Waals surface area contributed by atoms with Crippen LogP contribution < -0.4 is 0 Å². The van der Waals surface area contributed by atoms with Gasteiger partial charge in [-0.1, -0.05) is 24.3 Å². The van der Waals surface area contributed by atoms with Gasteiger partial charge in [0.1, 0.15) is 22.3 Å². The van der Waals surface area contributed by atoms with Gasteiger partial charge in [-0.3, -0.25) is 4.79 Å². The van der Waals surface area contributed by atoms with Gasteiger partial charge in [-0.15, -0.1) is 0 Å². The van der Waals surface area contributed by atoms with Crippen LogP contribution in [0.15, 0.2) is 47.4 Å². The van der Waals surface area contributed by atoms with Crippen molar-refractivity contribution in [3.63, 3.8) is 0 Å². The molecule has 1 heterocycles. The molecule has 2 aromatic rings. The molecule has 0 unspecified atom stereocenters. The Morgan fingerprint density at radius 2 is 1.65 bits per heavy atom. The lowest BCUT2D eigenvalue weighted by atomic mass is 10.1. The number of amides is 1. The van der Waals surface area contributed by atoms with E-state index in [4.69, 9.17) is 0 Å². The molecule has 1 aliphatic heterocycles. The molecule has 0 spiro atoms. The second kappa shape index (κ2) is 5.73. The van der Waals surface area contributed by atoms with Crippen LogP contribution in [0.4, 0.5) is 8.78 Å². The Morgan fingerprint density at radius 3 is 2.26 bits per heavy atom. The van der Waals surface area contributed by atoms with Gasteiger partial charge in [-0.05, 0) is 29.3 Å². The topological polar surface area (TPSA) is 54.5 Å². The van der Waals surface area contributed by atoms with Crippen molar-refractivity contribution in [2.75, 3.05) is 5.75 Å². The predicted octanol–water partition coefficient (Wildman–Crippen LogP) is 2.28. The van der Waals surface area contributed by atoms with Crippen LogP contribution in [-0.4, -0.2) is 25.0 Å². The molecule has 7 heteroatoms. The normalized spacial score (nSPS) is 13.9. The molecule has 0 atom stereocenters. The molecule has 0 saturated heterocycles. The van der Waals surface area contributed by atoms with E-state index < -0.39 is 38.0 Å². The van der Waals surface area contributed by atoms with Crippen molar-refractivity contribution in [3.8, 4) is 0 Å². The fourth-order valence-corrected chi connectivity index (χ4v) is 3.88. The summed E-state index contributed by atoms with van der Waals surface area (Å²) in [6, 6.07) is 9.56. The summed E-state index contributed by atoms with van der Waals surface area (Å²) in [5, 5.41) is 0. The lowest BCUT2D eigenvalue weighted by Gasteiger charge is -2.15. The molecule has 0 aliphatic carbocycles. The van der Waals surface area contributed by atoms with E-state index in [1.54, 1.807) is 0 Å². The maximum atomic E-state index is 13.6. The maximum Gasteiger partial charge on any atom is 0.238 e. The van der Waals surface area contributed by atoms with E-state index in [2.05, 4.69) is 0 Å². The minimum Gasteiger partial charge on any atom is -0.333 e. The van der Waals surface area contributed by atoms with E-state index in [-0.39, 0.29) is 0 Å². The number of carbonyl (C=O) groups is 1. The molecular weight excluding hydrogens is 324 g/mol. The Balaban J connectivity index is 1.79. The van der Waals surface area contributed by atoms with Crippen LogP contribution in [-0.2, 0) is 27.7 Å². The van der Waals surface area contributed by atoms with E-state index in [9.17, 15) is 22.0 Å². The second-order valence-electron chi connectivity index (χ2n) is 5.35. The summed E-state index contributed by atoms with van der Waals surface area (Å²) < 4.78 is 51.2. The molecule has 2 aromatic carbocycles. The molecule has 120 valence electrons. The summed E-state index contributed by atoms with van der Waals surface area (Å²) in [4.78, 5) is 12.8. The lowest BCUT2D eigenvalue weighted by Crippen LogP contribution is -2.31. The van der Waals surface area contributed by atoms with E-state index in [1.807, 2.05) is 24.3 Å². The number of halogens is 2. The summed E-state index contributed by atoms with van der Waals surface area (Å²) in [6.45, 7) is 0.631. The number of benzene rings is 2. The molecule has 0 aromatic heterocycles. The number of carbonyl (C=O) groups excluding carboxylic acids is 1. The Bertz CT molecular complexity index is 856. The fraction of sp³-hybridized carbons (Fsp3) is 0.188. The van der Waals surface area contributed by atoms with Gasteiger partial charge in [0.2, 0.25) is 5.91 Å². The molecule has 3 rings (SSSR count). The van der Waals surface area contributed by atoms with E-state index >= 15 is 0 Å². The van der Waals surface area contributed by atoms with Gasteiger partial charge in [-0.25, -0.2) is 17.2 Å². The van der Waals surface area contributed by atoms with E-state index in [1.165, 1.54) is 4.90 Å². The van der Waals surface area contributed by atoms with Crippen molar-refractivity contribution in [1.82, 2.24) is 4.90 Å². The number of fused-ring (bicyclic) bond motifs is 1. The van der Waals surface area contributed by atoms with Gasteiger partial charge in [-0.2, -0.15) is 0 Å². The van der Waals surface area contributed by atoms with Crippen molar-refractivity contribution in [2.45, 2.75) is 18.0 Å². The van der Waals surface area contributed by atoms with Gasteiger partial charge in [0.25, 0.3) is 0 Å². The van der Waals surface area contributed by atoms with Gasteiger partial charge in [0.15, 0.2) is 9.84 Å². The van der Waals surface area contributed by atoms with Gasteiger partial charge in [0, 0.05) is 13.1 Å². The third-order valence-corrected chi connectivity index (χ3v) is 5.35. The van der Waals surface area contributed by atoms with Crippen LogP contribution in [0.3, 0.4) is 0 Å². The third-order valence-electron chi connectivity index (χ3n) is 3.74. The first-order valence-corrected chi connectivity index (χ1v) is 8.54. The number of nitrogens with zero attached hydrogens (tertiary/aromatic N) is 1. The quantitative estimate of drug-likeness (QED) is 0.863. The summed E-state index contributed by atoms with van der Waals surface area (Å²) in [7, 11) is -4.24. The molecule has 0 saturated carbocycles. The van der Waals surface area contributed by atoms with Gasteiger partial charge < -0.3 is 4.90 Å². The number of sulfone groups is 1. The zero-order chi connectivity index (χ0) is 16.6. The van der Waals surface area contributed by atoms with Crippen LogP contribution in [0, 0.1) is 11.6 Å². The van der Waals surface area contributed by atoms with Crippen molar-refractivity contribution < 1.29 is 22.0 Å². The first-order valence-electron chi connectivity index (χ1n) is 6.89. The van der Waals surface area contributed by atoms with Crippen molar-refractivity contribution in [3.05, 3.63) is 65.2 Å². The average Bonchev–Trinajstić information content (AvgIpc) is 2.93.